The fourth-order valence-corrected chi connectivity index (χ4v) is 3.00. The topological polar surface area (TPSA) is 108 Å². The second-order valence-corrected chi connectivity index (χ2v) is 6.55. The number of aryl methyl sites for hydroxylation is 1. The van der Waals surface area contributed by atoms with Crippen LogP contribution in [0.25, 0.3) is 11.0 Å². The van der Waals surface area contributed by atoms with Gasteiger partial charge < -0.3 is 15.9 Å². The van der Waals surface area contributed by atoms with Gasteiger partial charge in [0.05, 0.1) is 16.8 Å². The number of anilines is 2. The molecule has 0 spiro atoms. The Hall–Kier alpha value is -3.94. The zero-order valence-electron chi connectivity index (χ0n) is 15.9. The summed E-state index contributed by atoms with van der Waals surface area (Å²) < 4.78 is 1.22. The Morgan fingerprint density at radius 3 is 2.66 bits per heavy atom. The first-order chi connectivity index (χ1) is 14.1. The predicted molar refractivity (Wildman–Crippen MR) is 111 cm³/mol. The van der Waals surface area contributed by atoms with Crippen molar-refractivity contribution in [3.63, 3.8) is 0 Å². The van der Waals surface area contributed by atoms with Crippen molar-refractivity contribution < 1.29 is 4.84 Å². The van der Waals surface area contributed by atoms with Gasteiger partial charge in [-0.05, 0) is 24.1 Å². The van der Waals surface area contributed by atoms with Crippen LogP contribution in [0.4, 0.5) is 11.5 Å². The molecule has 0 bridgehead atoms. The smallest absolute Gasteiger partial charge is 0.287 e. The van der Waals surface area contributed by atoms with E-state index in [9.17, 15) is 4.79 Å². The molecule has 1 aromatic carbocycles. The quantitative estimate of drug-likeness (QED) is 0.522. The van der Waals surface area contributed by atoms with E-state index >= 15 is 0 Å². The fraction of sp³-hybridized carbons (Fsp3) is 0.143. The van der Waals surface area contributed by atoms with E-state index in [1.807, 2.05) is 43.3 Å². The highest BCUT2D eigenvalue weighted by atomic mass is 16.7. The molecule has 4 aromatic rings. The van der Waals surface area contributed by atoms with Gasteiger partial charge in [-0.3, -0.25) is 4.79 Å². The molecule has 0 aliphatic heterocycles. The van der Waals surface area contributed by atoms with Gasteiger partial charge in [0, 0.05) is 18.8 Å². The van der Waals surface area contributed by atoms with Crippen LogP contribution in [0.1, 0.15) is 16.8 Å². The molecule has 0 aliphatic rings. The molecule has 0 fully saturated rings. The normalized spacial score (nSPS) is 10.8. The number of nitrogens with two attached hydrogens (primary N) is 1. The number of benzene rings is 1. The van der Waals surface area contributed by atoms with Gasteiger partial charge in [-0.2, -0.15) is 0 Å². The summed E-state index contributed by atoms with van der Waals surface area (Å²) in [4.78, 5) is 31.2. The highest BCUT2D eigenvalue weighted by molar-refractivity contribution is 5.90. The molecular formula is C21H20N6O2. The molecule has 146 valence electrons. The van der Waals surface area contributed by atoms with Gasteiger partial charge >= 0.3 is 0 Å². The summed E-state index contributed by atoms with van der Waals surface area (Å²) in [5.41, 5.74) is 9.00. The van der Waals surface area contributed by atoms with Gasteiger partial charge in [-0.15, -0.1) is 4.73 Å². The summed E-state index contributed by atoms with van der Waals surface area (Å²) in [5.74, 6) is 0.460. The Balaban J connectivity index is 1.67. The summed E-state index contributed by atoms with van der Waals surface area (Å²) in [6, 6.07) is 14.8. The second kappa shape index (κ2) is 7.97. The van der Waals surface area contributed by atoms with E-state index in [1.165, 1.54) is 17.1 Å². The summed E-state index contributed by atoms with van der Waals surface area (Å²) >= 11 is 0. The number of aromatic nitrogens is 4. The molecule has 0 saturated carbocycles. The van der Waals surface area contributed by atoms with Crippen molar-refractivity contribution in [2.24, 2.45) is 0 Å². The van der Waals surface area contributed by atoms with Crippen LogP contribution in [-0.2, 0) is 13.2 Å². The van der Waals surface area contributed by atoms with Crippen molar-refractivity contribution in [3.05, 3.63) is 88.2 Å². The van der Waals surface area contributed by atoms with Crippen LogP contribution < -0.4 is 21.4 Å². The number of hydrogen-bond donors (Lipinski definition) is 2. The van der Waals surface area contributed by atoms with Crippen LogP contribution in [0.15, 0.2) is 65.8 Å². The zero-order valence-corrected chi connectivity index (χ0v) is 15.9. The van der Waals surface area contributed by atoms with E-state index in [0.29, 0.717) is 23.7 Å². The largest absolute Gasteiger partial charge is 0.404 e. The molecule has 3 N–H and O–H groups in total. The maximum Gasteiger partial charge on any atom is 0.287 e. The minimum atomic E-state index is -0.315. The Morgan fingerprint density at radius 1 is 1.07 bits per heavy atom. The Bertz CT molecular complexity index is 1190. The molecule has 3 aromatic heterocycles. The number of nitrogens with zero attached hydrogens (tertiary/aromatic N) is 4. The highest BCUT2D eigenvalue weighted by Crippen LogP contribution is 2.22. The lowest BCUT2D eigenvalue weighted by atomic mass is 10.2. The third-order valence-electron chi connectivity index (χ3n) is 4.48. The number of fused-ring (bicyclic) bond motifs is 1. The van der Waals surface area contributed by atoms with E-state index in [-0.39, 0.29) is 12.2 Å². The summed E-state index contributed by atoms with van der Waals surface area (Å²) in [6.07, 6.45) is 3.12. The minimum absolute atomic E-state index is 0.253. The van der Waals surface area contributed by atoms with Crippen LogP contribution in [0.2, 0.25) is 0 Å². The molecule has 0 radical (unpaired) electrons. The molecule has 0 aliphatic carbocycles. The molecule has 29 heavy (non-hydrogen) atoms. The lowest BCUT2D eigenvalue weighted by molar-refractivity contribution is 0.0979. The average molecular weight is 388 g/mol. The molecular weight excluding hydrogens is 368 g/mol. The molecule has 8 heteroatoms. The van der Waals surface area contributed by atoms with E-state index in [4.69, 9.17) is 10.6 Å². The Labute approximate surface area is 167 Å². The molecule has 8 nitrogen and oxygen atoms in total. The van der Waals surface area contributed by atoms with E-state index < -0.39 is 0 Å². The zero-order chi connectivity index (χ0) is 20.2. The number of pyridine rings is 2. The van der Waals surface area contributed by atoms with E-state index in [1.54, 1.807) is 12.3 Å². The van der Waals surface area contributed by atoms with Gasteiger partial charge in [0.15, 0.2) is 5.65 Å². The first-order valence-electron chi connectivity index (χ1n) is 9.10. The average Bonchev–Trinajstić information content (AvgIpc) is 2.73. The van der Waals surface area contributed by atoms with Crippen LogP contribution >= 0.6 is 0 Å². The van der Waals surface area contributed by atoms with Crippen LogP contribution in [0, 0.1) is 6.92 Å². The first kappa shape index (κ1) is 18.4. The Morgan fingerprint density at radius 2 is 1.90 bits per heavy atom. The third kappa shape index (κ3) is 4.01. The van der Waals surface area contributed by atoms with Gasteiger partial charge in [-0.1, -0.05) is 36.4 Å². The van der Waals surface area contributed by atoms with Crippen molar-refractivity contribution in [1.82, 2.24) is 19.7 Å². The maximum absolute atomic E-state index is 12.8. The number of nitrogen functional groups attached to an aromatic ring is 1. The van der Waals surface area contributed by atoms with Gasteiger partial charge in [0.1, 0.15) is 18.8 Å². The lowest BCUT2D eigenvalue weighted by Crippen LogP contribution is -2.28. The lowest BCUT2D eigenvalue weighted by Gasteiger charge is -2.15. The van der Waals surface area contributed by atoms with Crippen molar-refractivity contribution >= 4 is 22.5 Å². The van der Waals surface area contributed by atoms with Crippen molar-refractivity contribution in [2.75, 3.05) is 11.1 Å². The van der Waals surface area contributed by atoms with Gasteiger partial charge in [-0.25, -0.2) is 15.0 Å². The van der Waals surface area contributed by atoms with Gasteiger partial charge in [0.2, 0.25) is 0 Å². The van der Waals surface area contributed by atoms with E-state index in [0.717, 1.165) is 22.2 Å². The van der Waals surface area contributed by atoms with Crippen molar-refractivity contribution in [2.45, 2.75) is 20.1 Å². The van der Waals surface area contributed by atoms with Crippen LogP contribution in [0.5, 0.6) is 0 Å². The maximum atomic E-state index is 12.8. The summed E-state index contributed by atoms with van der Waals surface area (Å²) in [5, 5.41) is 4.00. The Kier molecular flexibility index (Phi) is 5.07. The standard InChI is InChI=1S/C21H20N6O2/c1-14-20-17(23-10-16-7-8-18(22)24-11-16)9-19(28)27(21(20)26-13-25-14)29-12-15-5-3-2-4-6-15/h2-9,11,13,23H,10,12H2,1H3,(H2,22,24). The molecule has 0 atom stereocenters. The molecule has 3 heterocycles. The van der Waals surface area contributed by atoms with Crippen LogP contribution in [-0.4, -0.2) is 19.7 Å². The molecule has 0 amide bonds. The van der Waals surface area contributed by atoms with Crippen molar-refractivity contribution in [1.29, 1.82) is 0 Å². The SMILES string of the molecule is Cc1ncnc2c1c(NCc1ccc(N)nc1)cc(=O)n2OCc1ccccc1. The van der Waals surface area contributed by atoms with Gasteiger partial charge in [0.25, 0.3) is 5.56 Å². The fourth-order valence-electron chi connectivity index (χ4n) is 3.00. The minimum Gasteiger partial charge on any atom is -0.404 e. The highest BCUT2D eigenvalue weighted by Gasteiger charge is 2.14. The third-order valence-corrected chi connectivity index (χ3v) is 4.48. The predicted octanol–water partition coefficient (Wildman–Crippen LogP) is 2.32. The number of rotatable bonds is 6. The first-order valence-corrected chi connectivity index (χ1v) is 9.10. The molecule has 4 rings (SSSR count). The number of nitrogens with one attached hydrogen (secondary N) is 1. The summed E-state index contributed by atoms with van der Waals surface area (Å²) in [6.45, 7) is 2.60. The van der Waals surface area contributed by atoms with Crippen LogP contribution in [0.3, 0.4) is 0 Å². The summed E-state index contributed by atoms with van der Waals surface area (Å²) in [7, 11) is 0. The van der Waals surface area contributed by atoms with Crippen molar-refractivity contribution in [3.8, 4) is 0 Å². The second-order valence-electron chi connectivity index (χ2n) is 6.55. The van der Waals surface area contributed by atoms with E-state index in [2.05, 4.69) is 20.3 Å². The molecule has 0 unspecified atom stereocenters. The molecule has 0 saturated heterocycles. The number of hydrogen-bond acceptors (Lipinski definition) is 7. The monoisotopic (exact) mass is 388 g/mol.